The Bertz CT molecular complexity index is 504. The monoisotopic (exact) mass is 281 g/mol. The summed E-state index contributed by atoms with van der Waals surface area (Å²) in [7, 11) is 0. The van der Waals surface area contributed by atoms with Crippen molar-refractivity contribution >= 4 is 23.3 Å². The van der Waals surface area contributed by atoms with Gasteiger partial charge >= 0.3 is 0 Å². The highest BCUT2D eigenvalue weighted by molar-refractivity contribution is 6.33. The Morgan fingerprint density at radius 1 is 1.42 bits per heavy atom. The predicted molar refractivity (Wildman–Crippen MR) is 73.5 cm³/mol. The minimum absolute atomic E-state index is 0.111. The van der Waals surface area contributed by atoms with Crippen LogP contribution in [0.5, 0.6) is 0 Å². The molecule has 0 bridgehead atoms. The van der Waals surface area contributed by atoms with Crippen molar-refractivity contribution in [3.8, 4) is 0 Å². The summed E-state index contributed by atoms with van der Waals surface area (Å²) in [6.07, 6.45) is 2.56. The molecule has 0 radical (unpaired) electrons. The summed E-state index contributed by atoms with van der Waals surface area (Å²) >= 11 is 5.98. The van der Waals surface area contributed by atoms with Crippen LogP contribution in [0.3, 0.4) is 0 Å². The van der Waals surface area contributed by atoms with Crippen LogP contribution in [-0.4, -0.2) is 23.0 Å². The van der Waals surface area contributed by atoms with Crippen LogP contribution in [0, 0.1) is 5.92 Å². The van der Waals surface area contributed by atoms with Crippen LogP contribution < -0.4 is 11.1 Å². The summed E-state index contributed by atoms with van der Waals surface area (Å²) in [6, 6.07) is 6.77. The van der Waals surface area contributed by atoms with Gasteiger partial charge in [-0.2, -0.15) is 0 Å². The van der Waals surface area contributed by atoms with Crippen LogP contribution in [-0.2, 0) is 0 Å². The highest BCUT2D eigenvalue weighted by Gasteiger charge is 2.32. The number of nitrogens with two attached hydrogens (primary N) is 1. The van der Waals surface area contributed by atoms with Crippen LogP contribution in [0.15, 0.2) is 29.4 Å². The number of carbonyl (C=O) groups is 1. The van der Waals surface area contributed by atoms with Gasteiger partial charge in [-0.25, -0.2) is 0 Å². The van der Waals surface area contributed by atoms with Crippen molar-refractivity contribution in [2.24, 2.45) is 16.8 Å². The largest absolute Gasteiger partial charge is 0.409 e. The predicted octanol–water partition coefficient (Wildman–Crippen LogP) is 1.98. The zero-order valence-electron chi connectivity index (χ0n) is 10.3. The number of hydrogen-bond acceptors (Lipinski definition) is 3. The maximum Gasteiger partial charge on any atom is 0.253 e. The van der Waals surface area contributed by atoms with E-state index >= 15 is 0 Å². The smallest absolute Gasteiger partial charge is 0.253 e. The lowest BCUT2D eigenvalue weighted by Crippen LogP contribution is -2.42. The number of amidine groups is 1. The zero-order chi connectivity index (χ0) is 13.8. The van der Waals surface area contributed by atoms with Crippen LogP contribution in [0.4, 0.5) is 0 Å². The number of hydrogen-bond donors (Lipinski definition) is 3. The van der Waals surface area contributed by atoms with Crippen molar-refractivity contribution in [3.63, 3.8) is 0 Å². The normalized spacial score (nSPS) is 23.3. The van der Waals surface area contributed by atoms with Crippen molar-refractivity contribution in [2.45, 2.75) is 25.3 Å². The molecule has 1 aliphatic carbocycles. The van der Waals surface area contributed by atoms with Crippen LogP contribution in [0.2, 0.25) is 5.02 Å². The maximum atomic E-state index is 12.1. The Hall–Kier alpha value is -1.75. The molecule has 0 spiro atoms. The van der Waals surface area contributed by atoms with Crippen LogP contribution >= 0.6 is 11.6 Å². The highest BCUT2D eigenvalue weighted by atomic mass is 35.5. The number of benzene rings is 1. The quantitative estimate of drug-likeness (QED) is 0.343. The third-order valence-corrected chi connectivity index (χ3v) is 3.78. The van der Waals surface area contributed by atoms with Gasteiger partial charge in [-0.05, 0) is 25.0 Å². The first-order chi connectivity index (χ1) is 9.13. The molecule has 0 aromatic heterocycles. The molecule has 2 rings (SSSR count). The molecule has 1 fully saturated rings. The van der Waals surface area contributed by atoms with Crippen molar-refractivity contribution in [3.05, 3.63) is 34.9 Å². The van der Waals surface area contributed by atoms with Crippen molar-refractivity contribution < 1.29 is 10.0 Å². The molecule has 0 saturated heterocycles. The minimum Gasteiger partial charge on any atom is -0.409 e. The number of rotatable bonds is 3. The summed E-state index contributed by atoms with van der Waals surface area (Å²) in [5.41, 5.74) is 6.07. The minimum atomic E-state index is -0.228. The molecule has 102 valence electrons. The van der Waals surface area contributed by atoms with E-state index in [-0.39, 0.29) is 23.7 Å². The number of nitrogens with one attached hydrogen (secondary N) is 1. The second-order valence-corrected chi connectivity index (χ2v) is 5.03. The molecule has 19 heavy (non-hydrogen) atoms. The Kier molecular flexibility index (Phi) is 4.27. The fraction of sp³-hybridized carbons (Fsp3) is 0.385. The fourth-order valence-corrected chi connectivity index (χ4v) is 2.67. The topological polar surface area (TPSA) is 87.7 Å². The average molecular weight is 282 g/mol. The van der Waals surface area contributed by atoms with Gasteiger partial charge in [-0.1, -0.05) is 35.3 Å². The number of nitrogens with zero attached hydrogens (tertiary/aromatic N) is 1. The van der Waals surface area contributed by atoms with Gasteiger partial charge in [0.1, 0.15) is 5.84 Å². The summed E-state index contributed by atoms with van der Waals surface area (Å²) in [5.74, 6) is -0.174. The average Bonchev–Trinajstić information content (AvgIpc) is 2.86. The number of carbonyl (C=O) groups excluding carboxylic acids is 1. The highest BCUT2D eigenvalue weighted by Crippen LogP contribution is 2.26. The molecule has 0 aliphatic heterocycles. The number of amides is 1. The van der Waals surface area contributed by atoms with E-state index in [1.54, 1.807) is 24.3 Å². The molecule has 1 aromatic carbocycles. The van der Waals surface area contributed by atoms with E-state index in [9.17, 15) is 4.79 Å². The first-order valence-corrected chi connectivity index (χ1v) is 6.54. The van der Waals surface area contributed by atoms with E-state index in [0.29, 0.717) is 10.6 Å². The van der Waals surface area contributed by atoms with Crippen LogP contribution in [0.1, 0.15) is 29.6 Å². The van der Waals surface area contributed by atoms with E-state index in [0.717, 1.165) is 19.3 Å². The summed E-state index contributed by atoms with van der Waals surface area (Å²) in [5, 5.41) is 15.1. The van der Waals surface area contributed by atoms with Crippen molar-refractivity contribution in [2.75, 3.05) is 0 Å². The first-order valence-electron chi connectivity index (χ1n) is 6.16. The lowest BCUT2D eigenvalue weighted by atomic mass is 10.0. The molecule has 1 aliphatic rings. The standard InChI is InChI=1S/C13H16ClN3O2/c14-10-6-2-1-4-8(10)13(18)16-11-7-3-5-9(11)12(15)17-19/h1-2,4,6,9,11,19H,3,5,7H2,(H2,15,17)(H,16,18). The lowest BCUT2D eigenvalue weighted by Gasteiger charge is -2.20. The fourth-order valence-electron chi connectivity index (χ4n) is 2.45. The summed E-state index contributed by atoms with van der Waals surface area (Å²) < 4.78 is 0. The molecular formula is C13H16ClN3O2. The first kappa shape index (κ1) is 13.7. The van der Waals surface area contributed by atoms with Gasteiger partial charge in [0.05, 0.1) is 10.6 Å². The molecule has 5 nitrogen and oxygen atoms in total. The van der Waals surface area contributed by atoms with Gasteiger partial charge in [-0.15, -0.1) is 0 Å². The van der Waals surface area contributed by atoms with Gasteiger partial charge in [-0.3, -0.25) is 4.79 Å². The third-order valence-electron chi connectivity index (χ3n) is 3.45. The zero-order valence-corrected chi connectivity index (χ0v) is 11.1. The molecule has 1 saturated carbocycles. The second kappa shape index (κ2) is 5.93. The molecule has 1 aromatic rings. The Labute approximate surface area is 116 Å². The van der Waals surface area contributed by atoms with Crippen LogP contribution in [0.25, 0.3) is 0 Å². The molecule has 1 amide bonds. The number of halogens is 1. The van der Waals surface area contributed by atoms with E-state index in [1.807, 2.05) is 0 Å². The van der Waals surface area contributed by atoms with Gasteiger partial charge in [0.15, 0.2) is 0 Å². The molecular weight excluding hydrogens is 266 g/mol. The summed E-state index contributed by atoms with van der Waals surface area (Å²) in [6.45, 7) is 0. The Morgan fingerprint density at radius 2 is 2.16 bits per heavy atom. The van der Waals surface area contributed by atoms with Gasteiger partial charge in [0.25, 0.3) is 5.91 Å². The van der Waals surface area contributed by atoms with E-state index in [2.05, 4.69) is 10.5 Å². The van der Waals surface area contributed by atoms with E-state index < -0.39 is 0 Å². The van der Waals surface area contributed by atoms with E-state index in [4.69, 9.17) is 22.5 Å². The molecule has 2 unspecified atom stereocenters. The third kappa shape index (κ3) is 2.98. The molecule has 0 heterocycles. The second-order valence-electron chi connectivity index (χ2n) is 4.62. The molecule has 4 N–H and O–H groups in total. The van der Waals surface area contributed by atoms with Crippen molar-refractivity contribution in [1.82, 2.24) is 5.32 Å². The Morgan fingerprint density at radius 3 is 2.84 bits per heavy atom. The van der Waals surface area contributed by atoms with Gasteiger partial charge < -0.3 is 16.3 Å². The lowest BCUT2D eigenvalue weighted by molar-refractivity contribution is 0.0933. The van der Waals surface area contributed by atoms with Gasteiger partial charge in [0, 0.05) is 12.0 Å². The Balaban J connectivity index is 2.09. The molecule has 6 heteroatoms. The molecule has 2 atom stereocenters. The van der Waals surface area contributed by atoms with Crippen molar-refractivity contribution in [1.29, 1.82) is 0 Å². The summed E-state index contributed by atoms with van der Waals surface area (Å²) in [4.78, 5) is 12.1. The number of oxime groups is 1. The van der Waals surface area contributed by atoms with E-state index in [1.165, 1.54) is 0 Å². The SMILES string of the molecule is NC(=NO)C1CCCC1NC(=O)c1ccccc1Cl. The van der Waals surface area contributed by atoms with Gasteiger partial charge in [0.2, 0.25) is 0 Å². The maximum absolute atomic E-state index is 12.1.